The van der Waals surface area contributed by atoms with E-state index in [0.29, 0.717) is 50.6 Å². The number of nitrogens with zero attached hydrogens (tertiary/aromatic N) is 1. The summed E-state index contributed by atoms with van der Waals surface area (Å²) in [6.45, 7) is 0.476. The van der Waals surface area contributed by atoms with Gasteiger partial charge in [0, 0.05) is 22.6 Å². The molecular weight excluding hydrogens is 389 g/mol. The zero-order valence-electron chi connectivity index (χ0n) is 12.6. The molecule has 0 saturated carbocycles. The third kappa shape index (κ3) is 5.21. The summed E-state index contributed by atoms with van der Waals surface area (Å²) in [6.07, 6.45) is 3.66. The van der Waals surface area contributed by atoms with Crippen LogP contribution in [-0.2, 0) is 9.59 Å². The summed E-state index contributed by atoms with van der Waals surface area (Å²) in [5.74, 6) is -1.21. The van der Waals surface area contributed by atoms with Gasteiger partial charge in [0.15, 0.2) is 0 Å². The maximum Gasteiger partial charge on any atom is 0.266 e. The predicted octanol–water partition coefficient (Wildman–Crippen LogP) is 3.50. The fourth-order valence-electron chi connectivity index (χ4n) is 2.17. The minimum atomic E-state index is -1.05. The number of unbranched alkanes of at least 4 members (excludes halogenated alkanes) is 2. The lowest BCUT2D eigenvalue weighted by atomic mass is 10.2. The van der Waals surface area contributed by atoms with Crippen LogP contribution < -0.4 is 5.11 Å². The molecule has 1 fully saturated rings. The standard InChI is InChI=1S/C16H15Cl2NO3S2/c17-11-6-5-10(12(18)9-11)8-13-15(22)19(16(23)24-13)7-3-1-2-4-14(20)21/h5-6,8-9H,1-4,7H2,(H,20,21)/p-1. The van der Waals surface area contributed by atoms with Crippen LogP contribution in [0.1, 0.15) is 31.2 Å². The molecule has 1 saturated heterocycles. The van der Waals surface area contributed by atoms with Crippen LogP contribution in [0.4, 0.5) is 0 Å². The summed E-state index contributed by atoms with van der Waals surface area (Å²) in [5, 5.41) is 11.4. The first kappa shape index (κ1) is 19.2. The minimum absolute atomic E-state index is 0.0351. The number of rotatable bonds is 7. The van der Waals surface area contributed by atoms with Gasteiger partial charge in [0.2, 0.25) is 0 Å². The zero-order valence-corrected chi connectivity index (χ0v) is 15.7. The molecule has 0 aromatic heterocycles. The fourth-order valence-corrected chi connectivity index (χ4v) is 3.93. The molecule has 24 heavy (non-hydrogen) atoms. The Balaban J connectivity index is 1.98. The van der Waals surface area contributed by atoms with Gasteiger partial charge in [-0.2, -0.15) is 0 Å². The average Bonchev–Trinajstić information content (AvgIpc) is 2.76. The lowest BCUT2D eigenvalue weighted by Gasteiger charge is -2.14. The SMILES string of the molecule is O=C([O-])CCCCCN1C(=O)C(=Cc2ccc(Cl)cc2Cl)SC1=S. The van der Waals surface area contributed by atoms with Crippen LogP contribution in [0, 0.1) is 0 Å². The Labute approximate surface area is 159 Å². The smallest absolute Gasteiger partial charge is 0.266 e. The van der Waals surface area contributed by atoms with Crippen LogP contribution in [0.15, 0.2) is 23.1 Å². The summed E-state index contributed by atoms with van der Waals surface area (Å²) < 4.78 is 0.497. The molecule has 0 atom stereocenters. The summed E-state index contributed by atoms with van der Waals surface area (Å²) >= 11 is 18.5. The van der Waals surface area contributed by atoms with Crippen LogP contribution in [0.2, 0.25) is 10.0 Å². The van der Waals surface area contributed by atoms with E-state index in [-0.39, 0.29) is 12.3 Å². The van der Waals surface area contributed by atoms with Crippen LogP contribution >= 0.6 is 47.2 Å². The number of amides is 1. The van der Waals surface area contributed by atoms with E-state index in [1.807, 2.05) is 0 Å². The van der Waals surface area contributed by atoms with Crippen LogP contribution in [0.25, 0.3) is 6.08 Å². The van der Waals surface area contributed by atoms with Gasteiger partial charge in [0.1, 0.15) is 4.32 Å². The number of hydrogen-bond donors (Lipinski definition) is 0. The van der Waals surface area contributed by atoms with E-state index in [1.165, 1.54) is 16.7 Å². The molecule has 0 unspecified atom stereocenters. The van der Waals surface area contributed by atoms with Crippen LogP contribution in [-0.4, -0.2) is 27.6 Å². The topological polar surface area (TPSA) is 60.4 Å². The molecule has 1 aromatic rings. The normalized spacial score (nSPS) is 16.2. The lowest BCUT2D eigenvalue weighted by molar-refractivity contribution is -0.305. The van der Waals surface area contributed by atoms with Gasteiger partial charge in [-0.3, -0.25) is 9.69 Å². The van der Waals surface area contributed by atoms with Crippen molar-refractivity contribution in [2.24, 2.45) is 0 Å². The highest BCUT2D eigenvalue weighted by molar-refractivity contribution is 8.26. The monoisotopic (exact) mass is 402 g/mol. The first-order valence-corrected chi connectivity index (χ1v) is 9.27. The number of aliphatic carboxylic acids is 1. The fraction of sp³-hybridized carbons (Fsp3) is 0.312. The van der Waals surface area contributed by atoms with E-state index < -0.39 is 5.97 Å². The second-order valence-corrected chi connectivity index (χ2v) is 7.70. The molecule has 8 heteroatoms. The molecule has 0 radical (unpaired) electrons. The molecule has 1 amide bonds. The number of halogens is 2. The molecule has 0 spiro atoms. The van der Waals surface area contributed by atoms with E-state index in [0.717, 1.165) is 0 Å². The largest absolute Gasteiger partial charge is 0.550 e. The van der Waals surface area contributed by atoms with Crippen molar-refractivity contribution in [3.8, 4) is 0 Å². The van der Waals surface area contributed by atoms with Gasteiger partial charge in [0.05, 0.1) is 4.91 Å². The van der Waals surface area contributed by atoms with Gasteiger partial charge >= 0.3 is 0 Å². The second kappa shape index (κ2) is 8.85. The molecule has 1 aromatic carbocycles. The summed E-state index contributed by atoms with van der Waals surface area (Å²) in [7, 11) is 0. The Morgan fingerprint density at radius 3 is 2.71 bits per heavy atom. The third-order valence-corrected chi connectivity index (χ3v) is 5.33. The number of carboxylic acids is 1. The first-order chi connectivity index (χ1) is 11.4. The zero-order chi connectivity index (χ0) is 17.7. The molecule has 0 aliphatic carbocycles. The number of hydrogen-bond acceptors (Lipinski definition) is 5. The van der Waals surface area contributed by atoms with Crippen molar-refractivity contribution in [1.82, 2.24) is 4.90 Å². The Kier molecular flexibility index (Phi) is 7.10. The quantitative estimate of drug-likeness (QED) is 0.396. The second-order valence-electron chi connectivity index (χ2n) is 5.18. The van der Waals surface area contributed by atoms with Crippen molar-refractivity contribution in [3.63, 3.8) is 0 Å². The lowest BCUT2D eigenvalue weighted by Crippen LogP contribution is -2.29. The molecule has 2 rings (SSSR count). The summed E-state index contributed by atoms with van der Waals surface area (Å²) in [6, 6.07) is 5.07. The maximum absolute atomic E-state index is 12.4. The first-order valence-electron chi connectivity index (χ1n) is 7.29. The van der Waals surface area contributed by atoms with E-state index in [4.69, 9.17) is 35.4 Å². The Hall–Kier alpha value is -1.08. The molecule has 1 heterocycles. The molecule has 1 aliphatic heterocycles. The number of carbonyl (C=O) groups excluding carboxylic acids is 2. The van der Waals surface area contributed by atoms with Gasteiger partial charge in [-0.1, -0.05) is 59.7 Å². The van der Waals surface area contributed by atoms with Crippen molar-refractivity contribution >= 4 is 69.5 Å². The third-order valence-electron chi connectivity index (χ3n) is 3.39. The van der Waals surface area contributed by atoms with Gasteiger partial charge < -0.3 is 9.90 Å². The van der Waals surface area contributed by atoms with E-state index in [9.17, 15) is 14.7 Å². The highest BCUT2D eigenvalue weighted by atomic mass is 35.5. The summed E-state index contributed by atoms with van der Waals surface area (Å²) in [4.78, 5) is 24.9. The van der Waals surface area contributed by atoms with Gasteiger partial charge in [-0.05, 0) is 43.0 Å². The number of benzene rings is 1. The highest BCUT2D eigenvalue weighted by Gasteiger charge is 2.31. The van der Waals surface area contributed by atoms with Crippen LogP contribution in [0.3, 0.4) is 0 Å². The number of carbonyl (C=O) groups is 2. The molecule has 0 N–H and O–H groups in total. The Bertz CT molecular complexity index is 707. The Morgan fingerprint density at radius 1 is 1.29 bits per heavy atom. The van der Waals surface area contributed by atoms with E-state index in [1.54, 1.807) is 24.3 Å². The van der Waals surface area contributed by atoms with Gasteiger partial charge in [-0.15, -0.1) is 0 Å². The molecule has 128 valence electrons. The average molecular weight is 403 g/mol. The van der Waals surface area contributed by atoms with Crippen molar-refractivity contribution in [1.29, 1.82) is 0 Å². The number of thioether (sulfide) groups is 1. The van der Waals surface area contributed by atoms with Gasteiger partial charge in [-0.25, -0.2) is 0 Å². The summed E-state index contributed by atoms with van der Waals surface area (Å²) in [5.41, 5.74) is 0.704. The van der Waals surface area contributed by atoms with Gasteiger partial charge in [0.25, 0.3) is 5.91 Å². The van der Waals surface area contributed by atoms with Crippen LogP contribution in [0.5, 0.6) is 0 Å². The van der Waals surface area contributed by atoms with E-state index >= 15 is 0 Å². The highest BCUT2D eigenvalue weighted by Crippen LogP contribution is 2.34. The van der Waals surface area contributed by atoms with Crippen molar-refractivity contribution < 1.29 is 14.7 Å². The number of thiocarbonyl (C=S) groups is 1. The maximum atomic E-state index is 12.4. The van der Waals surface area contributed by atoms with Crippen molar-refractivity contribution in [2.75, 3.05) is 6.54 Å². The van der Waals surface area contributed by atoms with Crippen molar-refractivity contribution in [3.05, 3.63) is 38.7 Å². The van der Waals surface area contributed by atoms with Crippen molar-refractivity contribution in [2.45, 2.75) is 25.7 Å². The number of carboxylic acid groups (broad SMARTS) is 1. The molecule has 0 bridgehead atoms. The molecule has 4 nitrogen and oxygen atoms in total. The molecule has 1 aliphatic rings. The Morgan fingerprint density at radius 2 is 2.04 bits per heavy atom. The minimum Gasteiger partial charge on any atom is -0.550 e. The predicted molar refractivity (Wildman–Crippen MR) is 99.8 cm³/mol. The van der Waals surface area contributed by atoms with E-state index in [2.05, 4.69) is 0 Å². The molecular formula is C16H14Cl2NO3S2-.